The van der Waals surface area contributed by atoms with Crippen LogP contribution in [-0.2, 0) is 0 Å². The molecule has 1 N–H and O–H groups in total. The van der Waals surface area contributed by atoms with E-state index in [9.17, 15) is 0 Å². The first-order valence-electron chi connectivity index (χ1n) is 7.62. The van der Waals surface area contributed by atoms with E-state index < -0.39 is 0 Å². The zero-order valence-corrected chi connectivity index (χ0v) is 12.8. The quantitative estimate of drug-likeness (QED) is 0.892. The lowest BCUT2D eigenvalue weighted by Crippen LogP contribution is -2.54. The van der Waals surface area contributed by atoms with E-state index in [-0.39, 0.29) is 0 Å². The van der Waals surface area contributed by atoms with Gasteiger partial charge in [-0.05, 0) is 31.7 Å². The lowest BCUT2D eigenvalue weighted by molar-refractivity contribution is 0.0879. The van der Waals surface area contributed by atoms with E-state index in [1.165, 1.54) is 12.0 Å². The van der Waals surface area contributed by atoms with E-state index >= 15 is 0 Å². The van der Waals surface area contributed by atoms with E-state index in [0.29, 0.717) is 18.1 Å². The summed E-state index contributed by atoms with van der Waals surface area (Å²) in [6.07, 6.45) is 1.28. The van der Waals surface area contributed by atoms with Gasteiger partial charge in [-0.1, -0.05) is 44.2 Å². The van der Waals surface area contributed by atoms with Crippen molar-refractivity contribution in [1.82, 2.24) is 10.2 Å². The molecule has 1 heterocycles. The fraction of sp³-hybridized carbons (Fsp3) is 0.647. The van der Waals surface area contributed by atoms with Crippen LogP contribution in [-0.4, -0.2) is 30.1 Å². The Kier molecular flexibility index (Phi) is 5.00. The largest absolute Gasteiger partial charge is 0.307 e. The maximum atomic E-state index is 3.68. The lowest BCUT2D eigenvalue weighted by Gasteiger charge is -2.43. The molecule has 1 aromatic rings. The van der Waals surface area contributed by atoms with Crippen LogP contribution in [0.1, 0.15) is 45.7 Å². The molecule has 0 bridgehead atoms. The van der Waals surface area contributed by atoms with Crippen molar-refractivity contribution in [3.8, 4) is 0 Å². The zero-order chi connectivity index (χ0) is 13.8. The molecule has 2 rings (SSSR count). The SMILES string of the molecule is CC(C)CC(C)N1CC(c2ccccc2)NCC1C. The minimum atomic E-state index is 0.479. The smallest absolute Gasteiger partial charge is 0.0450 e. The first kappa shape index (κ1) is 14.5. The van der Waals surface area contributed by atoms with Gasteiger partial charge in [0.25, 0.3) is 0 Å². The molecular formula is C17H28N2. The highest BCUT2D eigenvalue weighted by Gasteiger charge is 2.29. The van der Waals surface area contributed by atoms with Crippen LogP contribution in [0, 0.1) is 5.92 Å². The standard InChI is InChI=1S/C17H28N2/c1-13(2)10-14(3)19-12-17(18-11-15(19)4)16-8-6-5-7-9-16/h5-9,13-15,17-18H,10-12H2,1-4H3. The topological polar surface area (TPSA) is 15.3 Å². The Balaban J connectivity index is 2.03. The molecule has 0 radical (unpaired) electrons. The van der Waals surface area contributed by atoms with E-state index in [0.717, 1.165) is 19.0 Å². The van der Waals surface area contributed by atoms with Gasteiger partial charge >= 0.3 is 0 Å². The van der Waals surface area contributed by atoms with Crippen molar-refractivity contribution in [2.24, 2.45) is 5.92 Å². The van der Waals surface area contributed by atoms with Crippen LogP contribution < -0.4 is 5.32 Å². The number of piperazine rings is 1. The molecule has 1 aromatic carbocycles. The van der Waals surface area contributed by atoms with Crippen molar-refractivity contribution in [2.75, 3.05) is 13.1 Å². The minimum Gasteiger partial charge on any atom is -0.307 e. The summed E-state index contributed by atoms with van der Waals surface area (Å²) >= 11 is 0. The number of rotatable bonds is 4. The van der Waals surface area contributed by atoms with Crippen molar-refractivity contribution >= 4 is 0 Å². The fourth-order valence-corrected chi connectivity index (χ4v) is 3.23. The molecule has 19 heavy (non-hydrogen) atoms. The van der Waals surface area contributed by atoms with Gasteiger partial charge in [-0.2, -0.15) is 0 Å². The van der Waals surface area contributed by atoms with Gasteiger partial charge in [-0.25, -0.2) is 0 Å². The molecule has 1 aliphatic heterocycles. The molecule has 2 nitrogen and oxygen atoms in total. The van der Waals surface area contributed by atoms with Crippen LogP contribution in [0.4, 0.5) is 0 Å². The van der Waals surface area contributed by atoms with Crippen LogP contribution in [0.3, 0.4) is 0 Å². The fourth-order valence-electron chi connectivity index (χ4n) is 3.23. The van der Waals surface area contributed by atoms with Gasteiger partial charge in [0.2, 0.25) is 0 Å². The first-order chi connectivity index (χ1) is 9.08. The number of benzene rings is 1. The van der Waals surface area contributed by atoms with Crippen molar-refractivity contribution in [3.63, 3.8) is 0 Å². The maximum Gasteiger partial charge on any atom is 0.0450 e. The van der Waals surface area contributed by atoms with Crippen LogP contribution in [0.5, 0.6) is 0 Å². The molecule has 1 fully saturated rings. The van der Waals surface area contributed by atoms with Gasteiger partial charge in [0.05, 0.1) is 0 Å². The summed E-state index contributed by atoms with van der Waals surface area (Å²) in [6, 6.07) is 12.6. The third kappa shape index (κ3) is 3.80. The molecule has 106 valence electrons. The second-order valence-electron chi connectivity index (χ2n) is 6.40. The molecule has 0 amide bonds. The molecule has 1 aliphatic rings. The van der Waals surface area contributed by atoms with E-state index in [1.807, 2.05) is 0 Å². The number of hydrogen-bond donors (Lipinski definition) is 1. The Morgan fingerprint density at radius 2 is 1.89 bits per heavy atom. The number of hydrogen-bond acceptors (Lipinski definition) is 2. The van der Waals surface area contributed by atoms with Crippen LogP contribution in [0.25, 0.3) is 0 Å². The van der Waals surface area contributed by atoms with Crippen molar-refractivity contribution in [1.29, 1.82) is 0 Å². The summed E-state index contributed by atoms with van der Waals surface area (Å²) in [5.41, 5.74) is 1.41. The summed E-state index contributed by atoms with van der Waals surface area (Å²) in [7, 11) is 0. The summed E-state index contributed by atoms with van der Waals surface area (Å²) in [5.74, 6) is 0.771. The van der Waals surface area contributed by atoms with Crippen LogP contribution in [0.15, 0.2) is 30.3 Å². The highest BCUT2D eigenvalue weighted by atomic mass is 15.2. The Bertz CT molecular complexity index is 374. The van der Waals surface area contributed by atoms with Gasteiger partial charge in [0.15, 0.2) is 0 Å². The molecular weight excluding hydrogens is 232 g/mol. The highest BCUT2D eigenvalue weighted by Crippen LogP contribution is 2.23. The number of nitrogens with one attached hydrogen (secondary N) is 1. The Morgan fingerprint density at radius 1 is 1.21 bits per heavy atom. The monoisotopic (exact) mass is 260 g/mol. The molecule has 3 atom stereocenters. The molecule has 0 spiro atoms. The maximum absolute atomic E-state index is 3.68. The van der Waals surface area contributed by atoms with Gasteiger partial charge in [0, 0.05) is 31.2 Å². The van der Waals surface area contributed by atoms with E-state index in [2.05, 4.69) is 68.2 Å². The van der Waals surface area contributed by atoms with Crippen molar-refractivity contribution in [3.05, 3.63) is 35.9 Å². The molecule has 3 unspecified atom stereocenters. The average molecular weight is 260 g/mol. The minimum absolute atomic E-state index is 0.479. The van der Waals surface area contributed by atoms with Crippen molar-refractivity contribution < 1.29 is 0 Å². The molecule has 0 saturated carbocycles. The predicted molar refractivity (Wildman–Crippen MR) is 82.3 cm³/mol. The summed E-state index contributed by atoms with van der Waals surface area (Å²) in [5, 5.41) is 3.68. The summed E-state index contributed by atoms with van der Waals surface area (Å²) < 4.78 is 0. The van der Waals surface area contributed by atoms with Gasteiger partial charge in [-0.3, -0.25) is 4.90 Å². The third-order valence-electron chi connectivity index (χ3n) is 4.20. The first-order valence-corrected chi connectivity index (χ1v) is 7.62. The predicted octanol–water partition coefficient (Wildman–Crippen LogP) is 3.46. The summed E-state index contributed by atoms with van der Waals surface area (Å²) in [4.78, 5) is 2.67. The van der Waals surface area contributed by atoms with Crippen LogP contribution in [0.2, 0.25) is 0 Å². The average Bonchev–Trinajstić information content (AvgIpc) is 2.39. The van der Waals surface area contributed by atoms with Gasteiger partial charge in [0.1, 0.15) is 0 Å². The molecule has 0 aliphatic carbocycles. The summed E-state index contributed by atoms with van der Waals surface area (Å²) in [6.45, 7) is 11.6. The number of nitrogens with zero attached hydrogens (tertiary/aromatic N) is 1. The Hall–Kier alpha value is -0.860. The highest BCUT2D eigenvalue weighted by molar-refractivity contribution is 5.20. The van der Waals surface area contributed by atoms with Crippen molar-refractivity contribution in [2.45, 2.75) is 52.2 Å². The molecule has 2 heteroatoms. The Morgan fingerprint density at radius 3 is 2.53 bits per heavy atom. The Labute approximate surface area is 118 Å². The van der Waals surface area contributed by atoms with Gasteiger partial charge < -0.3 is 5.32 Å². The van der Waals surface area contributed by atoms with Crippen LogP contribution >= 0.6 is 0 Å². The third-order valence-corrected chi connectivity index (χ3v) is 4.20. The second kappa shape index (κ2) is 6.53. The van der Waals surface area contributed by atoms with E-state index in [1.54, 1.807) is 0 Å². The normalized spacial score (nSPS) is 26.6. The lowest BCUT2D eigenvalue weighted by atomic mass is 9.97. The molecule has 1 saturated heterocycles. The zero-order valence-electron chi connectivity index (χ0n) is 12.8. The van der Waals surface area contributed by atoms with Gasteiger partial charge in [-0.15, -0.1) is 0 Å². The molecule has 0 aromatic heterocycles. The second-order valence-corrected chi connectivity index (χ2v) is 6.40. The van der Waals surface area contributed by atoms with E-state index in [4.69, 9.17) is 0 Å².